The van der Waals surface area contributed by atoms with Crippen molar-refractivity contribution in [1.82, 2.24) is 14.8 Å². The first kappa shape index (κ1) is 14.8. The van der Waals surface area contributed by atoms with Gasteiger partial charge in [0.1, 0.15) is 18.2 Å². The quantitative estimate of drug-likeness (QED) is 0.860. The van der Waals surface area contributed by atoms with E-state index in [0.717, 1.165) is 43.6 Å². The molecule has 114 valence electrons. The molecule has 0 radical (unpaired) electrons. The second-order valence-electron chi connectivity index (χ2n) is 5.64. The van der Waals surface area contributed by atoms with Gasteiger partial charge in [-0.2, -0.15) is 5.26 Å². The molecule has 2 heterocycles. The predicted molar refractivity (Wildman–Crippen MR) is 85.9 cm³/mol. The number of nitrogens with zero attached hydrogens (tertiary/aromatic N) is 4. The number of benzene rings is 1. The molecule has 1 aromatic carbocycles. The van der Waals surface area contributed by atoms with Crippen LogP contribution in [-0.2, 0) is 0 Å². The summed E-state index contributed by atoms with van der Waals surface area (Å²) in [5.41, 5.74) is 1.35. The van der Waals surface area contributed by atoms with Gasteiger partial charge in [0.05, 0.1) is 5.52 Å². The smallest absolute Gasteiger partial charge is 0.232 e. The van der Waals surface area contributed by atoms with Gasteiger partial charge in [0.25, 0.3) is 0 Å². The molecule has 0 atom stereocenters. The number of fused-ring (bicyclic) bond motifs is 1. The molecule has 0 unspecified atom stereocenters. The Morgan fingerprint density at radius 1 is 1.23 bits per heavy atom. The van der Waals surface area contributed by atoms with Gasteiger partial charge >= 0.3 is 0 Å². The van der Waals surface area contributed by atoms with E-state index in [-0.39, 0.29) is 0 Å². The topological polar surface area (TPSA) is 52.4 Å². The third-order valence-corrected chi connectivity index (χ3v) is 4.05. The van der Waals surface area contributed by atoms with Crippen LogP contribution in [0.4, 0.5) is 0 Å². The third-order valence-electron chi connectivity index (χ3n) is 4.05. The minimum atomic E-state index is 0.440. The van der Waals surface area contributed by atoms with E-state index >= 15 is 0 Å². The van der Waals surface area contributed by atoms with Crippen molar-refractivity contribution in [3.8, 4) is 11.9 Å². The maximum absolute atomic E-state index is 9.27. The lowest BCUT2D eigenvalue weighted by molar-refractivity contribution is 0.132. The van der Waals surface area contributed by atoms with Crippen LogP contribution in [0.15, 0.2) is 30.3 Å². The number of ether oxygens (including phenoxy) is 1. The molecule has 22 heavy (non-hydrogen) atoms. The van der Waals surface area contributed by atoms with Gasteiger partial charge < -0.3 is 9.64 Å². The average molecular weight is 296 g/mol. The number of para-hydroxylation sites is 1. The molecule has 1 fully saturated rings. The standard InChI is InChI=1S/C17H20N4O/c1-20-6-8-21(9-7-20)10-11-22-17-15(13-18)12-14-4-2-3-5-16(14)19-17/h2-5,12H,6-11H2,1H3. The summed E-state index contributed by atoms with van der Waals surface area (Å²) in [4.78, 5) is 9.18. The van der Waals surface area contributed by atoms with Crippen LogP contribution in [0.5, 0.6) is 5.88 Å². The second-order valence-corrected chi connectivity index (χ2v) is 5.64. The maximum atomic E-state index is 9.27. The molecule has 0 amide bonds. The van der Waals surface area contributed by atoms with Crippen LogP contribution in [0.1, 0.15) is 5.56 Å². The molecule has 3 rings (SSSR count). The molecular formula is C17H20N4O. The van der Waals surface area contributed by atoms with Crippen LogP contribution in [0.3, 0.4) is 0 Å². The van der Waals surface area contributed by atoms with E-state index in [0.29, 0.717) is 18.1 Å². The minimum absolute atomic E-state index is 0.440. The number of pyridine rings is 1. The first-order valence-electron chi connectivity index (χ1n) is 7.60. The van der Waals surface area contributed by atoms with E-state index in [1.54, 1.807) is 0 Å². The van der Waals surface area contributed by atoms with E-state index in [9.17, 15) is 5.26 Å². The normalized spacial score (nSPS) is 16.5. The number of likely N-dealkylation sites (N-methyl/N-ethyl adjacent to an activating group) is 1. The molecule has 0 spiro atoms. The fourth-order valence-corrected chi connectivity index (χ4v) is 2.63. The van der Waals surface area contributed by atoms with Crippen molar-refractivity contribution in [2.45, 2.75) is 0 Å². The highest BCUT2D eigenvalue weighted by molar-refractivity contribution is 5.80. The Labute approximate surface area is 130 Å². The lowest BCUT2D eigenvalue weighted by Gasteiger charge is -2.32. The van der Waals surface area contributed by atoms with Crippen LogP contribution >= 0.6 is 0 Å². The van der Waals surface area contributed by atoms with Crippen LogP contribution in [0.25, 0.3) is 10.9 Å². The van der Waals surface area contributed by atoms with E-state index in [1.807, 2.05) is 30.3 Å². The number of nitriles is 1. The number of hydrogen-bond acceptors (Lipinski definition) is 5. The molecule has 0 bridgehead atoms. The molecule has 0 saturated carbocycles. The van der Waals surface area contributed by atoms with Gasteiger partial charge in [-0.25, -0.2) is 4.98 Å². The highest BCUT2D eigenvalue weighted by Gasteiger charge is 2.14. The average Bonchev–Trinajstić information content (AvgIpc) is 2.56. The largest absolute Gasteiger partial charge is 0.475 e. The summed E-state index contributed by atoms with van der Waals surface area (Å²) in [5, 5.41) is 10.2. The van der Waals surface area contributed by atoms with Gasteiger partial charge in [-0.1, -0.05) is 18.2 Å². The van der Waals surface area contributed by atoms with Crippen molar-refractivity contribution in [3.63, 3.8) is 0 Å². The molecule has 1 aliphatic rings. The van der Waals surface area contributed by atoms with Crippen LogP contribution < -0.4 is 4.74 Å². The molecule has 5 nitrogen and oxygen atoms in total. The molecular weight excluding hydrogens is 276 g/mol. The molecule has 2 aromatic rings. The van der Waals surface area contributed by atoms with E-state index in [2.05, 4.69) is 27.9 Å². The highest BCUT2D eigenvalue weighted by Crippen LogP contribution is 2.21. The number of rotatable bonds is 4. The van der Waals surface area contributed by atoms with Gasteiger partial charge in [0.2, 0.25) is 5.88 Å². The molecule has 5 heteroatoms. The summed E-state index contributed by atoms with van der Waals surface area (Å²) in [6.07, 6.45) is 0. The van der Waals surface area contributed by atoms with Crippen molar-refractivity contribution in [2.75, 3.05) is 46.4 Å². The Bertz CT molecular complexity index is 687. The summed E-state index contributed by atoms with van der Waals surface area (Å²) >= 11 is 0. The fourth-order valence-electron chi connectivity index (χ4n) is 2.63. The molecule has 1 aromatic heterocycles. The van der Waals surface area contributed by atoms with E-state index < -0.39 is 0 Å². The zero-order valence-corrected chi connectivity index (χ0v) is 12.8. The molecule has 0 N–H and O–H groups in total. The monoisotopic (exact) mass is 296 g/mol. The number of hydrogen-bond donors (Lipinski definition) is 0. The SMILES string of the molecule is CN1CCN(CCOc2nc3ccccc3cc2C#N)CC1. The van der Waals surface area contributed by atoms with Crippen LogP contribution in [-0.4, -0.2) is 61.2 Å². The van der Waals surface area contributed by atoms with Crippen molar-refractivity contribution in [3.05, 3.63) is 35.9 Å². The van der Waals surface area contributed by atoms with Crippen molar-refractivity contribution >= 4 is 10.9 Å². The predicted octanol–water partition coefficient (Wildman–Crippen LogP) is 1.73. The van der Waals surface area contributed by atoms with Gasteiger partial charge in [0.15, 0.2) is 0 Å². The second kappa shape index (κ2) is 6.73. The molecule has 1 aliphatic heterocycles. The first-order valence-corrected chi connectivity index (χ1v) is 7.60. The van der Waals surface area contributed by atoms with Gasteiger partial charge in [-0.15, -0.1) is 0 Å². The highest BCUT2D eigenvalue weighted by atomic mass is 16.5. The van der Waals surface area contributed by atoms with Crippen LogP contribution in [0, 0.1) is 11.3 Å². The Morgan fingerprint density at radius 2 is 2.00 bits per heavy atom. The zero-order chi connectivity index (χ0) is 15.4. The van der Waals surface area contributed by atoms with Gasteiger partial charge in [-0.3, -0.25) is 4.90 Å². The number of piperazine rings is 1. The lowest BCUT2D eigenvalue weighted by atomic mass is 10.1. The van der Waals surface area contributed by atoms with Crippen LogP contribution in [0.2, 0.25) is 0 Å². The summed E-state index contributed by atoms with van der Waals surface area (Å²) in [5.74, 6) is 0.440. The Kier molecular flexibility index (Phi) is 4.52. The molecule has 1 saturated heterocycles. The van der Waals surface area contributed by atoms with E-state index in [4.69, 9.17) is 4.74 Å². The van der Waals surface area contributed by atoms with Crippen molar-refractivity contribution in [1.29, 1.82) is 5.26 Å². The minimum Gasteiger partial charge on any atom is -0.475 e. The fraction of sp³-hybridized carbons (Fsp3) is 0.412. The lowest BCUT2D eigenvalue weighted by Crippen LogP contribution is -2.45. The Balaban J connectivity index is 1.64. The van der Waals surface area contributed by atoms with E-state index in [1.165, 1.54) is 0 Å². The van der Waals surface area contributed by atoms with Gasteiger partial charge in [-0.05, 0) is 19.2 Å². The maximum Gasteiger partial charge on any atom is 0.232 e. The Morgan fingerprint density at radius 3 is 2.77 bits per heavy atom. The van der Waals surface area contributed by atoms with Gasteiger partial charge in [0, 0.05) is 38.1 Å². The number of aromatic nitrogens is 1. The zero-order valence-electron chi connectivity index (χ0n) is 12.8. The summed E-state index contributed by atoms with van der Waals surface area (Å²) in [7, 11) is 2.14. The first-order chi connectivity index (χ1) is 10.8. The summed E-state index contributed by atoms with van der Waals surface area (Å²) in [6, 6.07) is 11.8. The van der Waals surface area contributed by atoms with Crippen molar-refractivity contribution in [2.24, 2.45) is 0 Å². The summed E-state index contributed by atoms with van der Waals surface area (Å²) < 4.78 is 5.78. The summed E-state index contributed by atoms with van der Waals surface area (Å²) in [6.45, 7) is 5.75. The molecule has 0 aliphatic carbocycles. The Hall–Kier alpha value is -2.16. The van der Waals surface area contributed by atoms with Crippen molar-refractivity contribution < 1.29 is 4.74 Å². The third kappa shape index (κ3) is 3.35.